The third-order valence-corrected chi connectivity index (χ3v) is 2.69. The highest BCUT2D eigenvalue weighted by atomic mass is 35.5. The molecule has 0 saturated heterocycles. The first kappa shape index (κ1) is 11.1. The zero-order chi connectivity index (χ0) is 11.5. The normalized spacial score (nSPS) is 15.6. The highest BCUT2D eigenvalue weighted by Crippen LogP contribution is 2.35. The molecule has 86 valence electrons. The zero-order valence-corrected chi connectivity index (χ0v) is 9.24. The summed E-state index contributed by atoms with van der Waals surface area (Å²) in [6.45, 7) is 1.04. The summed E-state index contributed by atoms with van der Waals surface area (Å²) in [5.74, 6) is 0.379. The maximum atomic E-state index is 10.5. The van der Waals surface area contributed by atoms with Gasteiger partial charge in [0.2, 0.25) is 0 Å². The standard InChI is InChI=1S/C11H11ClO4/c12-8(6-11(13)14)7-1-2-9-10(5-7)16-4-3-15-9/h1-2,5,8H,3-4,6H2,(H,13,14). The predicted molar refractivity (Wildman–Crippen MR) is 58.3 cm³/mol. The van der Waals surface area contributed by atoms with Gasteiger partial charge in [-0.15, -0.1) is 11.6 Å². The lowest BCUT2D eigenvalue weighted by Gasteiger charge is -2.19. The molecule has 0 radical (unpaired) electrons. The lowest BCUT2D eigenvalue weighted by Crippen LogP contribution is -2.15. The number of benzene rings is 1. The van der Waals surface area contributed by atoms with Crippen LogP contribution in [0.3, 0.4) is 0 Å². The van der Waals surface area contributed by atoms with Crippen molar-refractivity contribution in [1.29, 1.82) is 0 Å². The number of hydrogen-bond acceptors (Lipinski definition) is 3. The molecule has 1 unspecified atom stereocenters. The second-order valence-electron chi connectivity index (χ2n) is 3.47. The second-order valence-corrected chi connectivity index (χ2v) is 4.00. The maximum absolute atomic E-state index is 10.5. The lowest BCUT2D eigenvalue weighted by molar-refractivity contribution is -0.137. The largest absolute Gasteiger partial charge is 0.486 e. The van der Waals surface area contributed by atoms with Gasteiger partial charge in [-0.05, 0) is 17.7 Å². The fraction of sp³-hybridized carbons (Fsp3) is 0.364. The van der Waals surface area contributed by atoms with E-state index in [2.05, 4.69) is 0 Å². The first-order chi connectivity index (χ1) is 7.66. The van der Waals surface area contributed by atoms with Crippen LogP contribution in [0, 0.1) is 0 Å². The minimum absolute atomic E-state index is 0.110. The van der Waals surface area contributed by atoms with Crippen LogP contribution >= 0.6 is 11.6 Å². The summed E-state index contributed by atoms with van der Waals surface area (Å²) in [7, 11) is 0. The molecule has 1 aromatic rings. The fourth-order valence-electron chi connectivity index (χ4n) is 1.53. The fourth-order valence-corrected chi connectivity index (χ4v) is 1.79. The van der Waals surface area contributed by atoms with Crippen molar-refractivity contribution in [2.45, 2.75) is 11.8 Å². The number of ether oxygens (including phenoxy) is 2. The Morgan fingerprint density at radius 2 is 2.06 bits per heavy atom. The number of carboxylic acid groups (broad SMARTS) is 1. The van der Waals surface area contributed by atoms with Crippen molar-refractivity contribution in [2.24, 2.45) is 0 Å². The van der Waals surface area contributed by atoms with Gasteiger partial charge in [0.05, 0.1) is 11.8 Å². The molecule has 16 heavy (non-hydrogen) atoms. The van der Waals surface area contributed by atoms with Crippen LogP contribution in [0.5, 0.6) is 11.5 Å². The minimum Gasteiger partial charge on any atom is -0.486 e. The zero-order valence-electron chi connectivity index (χ0n) is 8.48. The van der Waals surface area contributed by atoms with Crippen molar-refractivity contribution >= 4 is 17.6 Å². The van der Waals surface area contributed by atoms with Gasteiger partial charge >= 0.3 is 5.97 Å². The Bertz CT molecular complexity index is 405. The number of hydrogen-bond donors (Lipinski definition) is 1. The maximum Gasteiger partial charge on any atom is 0.305 e. The average Bonchev–Trinajstić information content (AvgIpc) is 2.27. The van der Waals surface area contributed by atoms with Gasteiger partial charge in [-0.25, -0.2) is 0 Å². The molecule has 4 nitrogen and oxygen atoms in total. The lowest BCUT2D eigenvalue weighted by atomic mass is 10.1. The second kappa shape index (κ2) is 4.61. The highest BCUT2D eigenvalue weighted by Gasteiger charge is 2.17. The summed E-state index contributed by atoms with van der Waals surface area (Å²) in [6, 6.07) is 5.24. The minimum atomic E-state index is -0.921. The number of halogens is 1. The molecule has 1 aliphatic heterocycles. The summed E-state index contributed by atoms with van der Waals surface area (Å²) in [5, 5.41) is 8.10. The molecule has 1 atom stereocenters. The quantitative estimate of drug-likeness (QED) is 0.826. The van der Waals surface area contributed by atoms with E-state index in [0.717, 1.165) is 5.56 Å². The van der Waals surface area contributed by atoms with Crippen molar-refractivity contribution in [3.05, 3.63) is 23.8 Å². The molecule has 1 N–H and O–H groups in total. The summed E-state index contributed by atoms with van der Waals surface area (Å²) < 4.78 is 10.7. The Morgan fingerprint density at radius 1 is 1.38 bits per heavy atom. The van der Waals surface area contributed by atoms with E-state index in [9.17, 15) is 4.79 Å². The smallest absolute Gasteiger partial charge is 0.305 e. The molecule has 1 heterocycles. The van der Waals surface area contributed by atoms with Gasteiger partial charge < -0.3 is 14.6 Å². The molecular formula is C11H11ClO4. The van der Waals surface area contributed by atoms with E-state index in [1.807, 2.05) is 0 Å². The van der Waals surface area contributed by atoms with Gasteiger partial charge in [-0.1, -0.05) is 6.07 Å². The molecule has 0 bridgehead atoms. The number of carbonyl (C=O) groups is 1. The highest BCUT2D eigenvalue weighted by molar-refractivity contribution is 6.21. The molecule has 2 rings (SSSR count). The Labute approximate surface area is 97.7 Å². The van der Waals surface area contributed by atoms with Crippen LogP contribution in [0.1, 0.15) is 17.4 Å². The van der Waals surface area contributed by atoms with E-state index in [4.69, 9.17) is 26.2 Å². The summed E-state index contributed by atoms with van der Waals surface area (Å²) in [4.78, 5) is 10.5. The first-order valence-corrected chi connectivity index (χ1v) is 5.36. The number of fused-ring (bicyclic) bond motifs is 1. The van der Waals surface area contributed by atoms with Gasteiger partial charge in [-0.2, -0.15) is 0 Å². The van der Waals surface area contributed by atoms with Crippen molar-refractivity contribution in [2.75, 3.05) is 13.2 Å². The van der Waals surface area contributed by atoms with Crippen molar-refractivity contribution in [1.82, 2.24) is 0 Å². The van der Waals surface area contributed by atoms with E-state index < -0.39 is 11.3 Å². The van der Waals surface area contributed by atoms with E-state index in [-0.39, 0.29) is 6.42 Å². The van der Waals surface area contributed by atoms with Gasteiger partial charge in [0.1, 0.15) is 13.2 Å². The van der Waals surface area contributed by atoms with Crippen molar-refractivity contribution in [3.8, 4) is 11.5 Å². The van der Waals surface area contributed by atoms with E-state index >= 15 is 0 Å². The molecule has 0 amide bonds. The molecule has 0 spiro atoms. The Hall–Kier alpha value is -1.42. The number of alkyl halides is 1. The van der Waals surface area contributed by atoms with Crippen LogP contribution in [0.4, 0.5) is 0 Å². The average molecular weight is 243 g/mol. The molecule has 1 aromatic carbocycles. The number of aliphatic carboxylic acids is 1. The van der Waals surface area contributed by atoms with Crippen LogP contribution in [0.2, 0.25) is 0 Å². The van der Waals surface area contributed by atoms with Gasteiger partial charge in [0.25, 0.3) is 0 Å². The monoisotopic (exact) mass is 242 g/mol. The van der Waals surface area contributed by atoms with E-state index in [1.165, 1.54) is 0 Å². The van der Waals surface area contributed by atoms with Crippen LogP contribution in [-0.2, 0) is 4.79 Å². The van der Waals surface area contributed by atoms with Crippen molar-refractivity contribution < 1.29 is 19.4 Å². The van der Waals surface area contributed by atoms with Gasteiger partial charge in [0.15, 0.2) is 11.5 Å². The van der Waals surface area contributed by atoms with Crippen LogP contribution in [0.15, 0.2) is 18.2 Å². The molecule has 0 saturated carbocycles. The summed E-state index contributed by atoms with van der Waals surface area (Å²) >= 11 is 5.97. The SMILES string of the molecule is O=C(O)CC(Cl)c1ccc2c(c1)OCCO2. The molecule has 1 aliphatic rings. The van der Waals surface area contributed by atoms with Crippen LogP contribution in [0.25, 0.3) is 0 Å². The Morgan fingerprint density at radius 3 is 2.75 bits per heavy atom. The summed E-state index contributed by atoms with van der Waals surface area (Å²) in [6.07, 6.45) is -0.110. The predicted octanol–water partition coefficient (Wildman–Crippen LogP) is 2.21. The third-order valence-electron chi connectivity index (χ3n) is 2.28. The Kier molecular flexibility index (Phi) is 3.19. The Balaban J connectivity index is 2.19. The first-order valence-electron chi connectivity index (χ1n) is 4.92. The molecule has 0 aromatic heterocycles. The number of rotatable bonds is 3. The van der Waals surface area contributed by atoms with Crippen LogP contribution < -0.4 is 9.47 Å². The molecule has 5 heteroatoms. The topological polar surface area (TPSA) is 55.8 Å². The van der Waals surface area contributed by atoms with Crippen molar-refractivity contribution in [3.63, 3.8) is 0 Å². The van der Waals surface area contributed by atoms with E-state index in [0.29, 0.717) is 24.7 Å². The van der Waals surface area contributed by atoms with Crippen LogP contribution in [-0.4, -0.2) is 24.3 Å². The summed E-state index contributed by atoms with van der Waals surface area (Å²) in [5.41, 5.74) is 0.730. The van der Waals surface area contributed by atoms with Gasteiger partial charge in [-0.3, -0.25) is 4.79 Å². The number of carboxylic acids is 1. The molecular weight excluding hydrogens is 232 g/mol. The molecule has 0 aliphatic carbocycles. The van der Waals surface area contributed by atoms with Gasteiger partial charge in [0, 0.05) is 0 Å². The van der Waals surface area contributed by atoms with E-state index in [1.54, 1.807) is 18.2 Å². The third kappa shape index (κ3) is 2.39. The molecule has 0 fully saturated rings.